The van der Waals surface area contributed by atoms with Gasteiger partial charge in [0.05, 0.1) is 0 Å². The van der Waals surface area contributed by atoms with Crippen LogP contribution in [0.3, 0.4) is 0 Å². The van der Waals surface area contributed by atoms with Gasteiger partial charge in [-0.15, -0.1) is 0 Å². The van der Waals surface area contributed by atoms with Crippen molar-refractivity contribution in [1.82, 2.24) is 9.55 Å². The number of primary amides is 1. The zero-order valence-corrected chi connectivity index (χ0v) is 7.28. The molecule has 0 spiro atoms. The van der Waals surface area contributed by atoms with Crippen molar-refractivity contribution in [1.29, 1.82) is 0 Å². The highest BCUT2D eigenvalue weighted by molar-refractivity contribution is 6.29. The molecular formula is C6H7ClN4O2. The first kappa shape index (κ1) is 9.53. The molecule has 0 bridgehead atoms. The number of amides is 1. The van der Waals surface area contributed by atoms with Crippen LogP contribution in [0.2, 0.25) is 5.15 Å². The summed E-state index contributed by atoms with van der Waals surface area (Å²) >= 11 is 5.50. The number of nitrogens with zero attached hydrogens (tertiary/aromatic N) is 2. The Bertz CT molecular complexity index is 400. The smallest absolute Gasteiger partial charge is 0.293 e. The van der Waals surface area contributed by atoms with E-state index < -0.39 is 11.5 Å². The number of aromatic nitrogens is 2. The van der Waals surface area contributed by atoms with Crippen molar-refractivity contribution >= 4 is 23.3 Å². The first-order valence-corrected chi connectivity index (χ1v) is 3.69. The van der Waals surface area contributed by atoms with Crippen molar-refractivity contribution in [2.45, 2.75) is 6.54 Å². The van der Waals surface area contributed by atoms with Gasteiger partial charge in [-0.05, 0) is 0 Å². The van der Waals surface area contributed by atoms with E-state index in [0.717, 1.165) is 4.57 Å². The average molecular weight is 203 g/mol. The Kier molecular flexibility index (Phi) is 2.52. The standard InChI is InChI=1S/C6H7ClN4O2/c7-3-1-11(2-4(8)12)6(13)5(9)10-3/h1H,2H2,(H2,8,12)(H2,9,10). The van der Waals surface area contributed by atoms with E-state index in [9.17, 15) is 9.59 Å². The predicted molar refractivity (Wildman–Crippen MR) is 47.1 cm³/mol. The summed E-state index contributed by atoms with van der Waals surface area (Å²) < 4.78 is 1.01. The number of halogens is 1. The van der Waals surface area contributed by atoms with Crippen LogP contribution in [0.25, 0.3) is 0 Å². The Morgan fingerprint density at radius 2 is 2.31 bits per heavy atom. The first-order valence-electron chi connectivity index (χ1n) is 3.31. The maximum absolute atomic E-state index is 11.2. The molecule has 70 valence electrons. The molecule has 1 aromatic rings. The van der Waals surface area contributed by atoms with Crippen LogP contribution in [-0.2, 0) is 11.3 Å². The monoisotopic (exact) mass is 202 g/mol. The number of carbonyl (C=O) groups is 1. The Morgan fingerprint density at radius 3 is 2.85 bits per heavy atom. The second-order valence-electron chi connectivity index (χ2n) is 2.35. The summed E-state index contributed by atoms with van der Waals surface area (Å²) in [5.74, 6) is -0.905. The van der Waals surface area contributed by atoms with Crippen LogP contribution in [0.5, 0.6) is 0 Å². The van der Waals surface area contributed by atoms with Gasteiger partial charge in [-0.3, -0.25) is 14.2 Å². The van der Waals surface area contributed by atoms with Crippen LogP contribution >= 0.6 is 11.6 Å². The molecule has 1 heterocycles. The van der Waals surface area contributed by atoms with E-state index in [1.54, 1.807) is 0 Å². The summed E-state index contributed by atoms with van der Waals surface area (Å²) in [5, 5.41) is 0.0401. The zero-order valence-electron chi connectivity index (χ0n) is 6.53. The molecule has 7 heteroatoms. The Balaban J connectivity index is 3.21. The van der Waals surface area contributed by atoms with Crippen molar-refractivity contribution in [3.05, 3.63) is 21.7 Å². The SMILES string of the molecule is NC(=O)Cn1cc(Cl)nc(N)c1=O. The molecule has 0 atom stereocenters. The van der Waals surface area contributed by atoms with Gasteiger partial charge < -0.3 is 11.5 Å². The van der Waals surface area contributed by atoms with E-state index in [4.69, 9.17) is 23.1 Å². The zero-order chi connectivity index (χ0) is 10.0. The lowest BCUT2D eigenvalue weighted by molar-refractivity contribution is -0.118. The number of nitrogen functional groups attached to an aromatic ring is 1. The summed E-state index contributed by atoms with van der Waals surface area (Å²) in [5.41, 5.74) is 9.53. The summed E-state index contributed by atoms with van der Waals surface area (Å²) in [6.45, 7) is -0.259. The number of anilines is 1. The molecule has 1 amide bonds. The molecule has 1 rings (SSSR count). The number of hydrogen-bond acceptors (Lipinski definition) is 4. The van der Waals surface area contributed by atoms with Gasteiger partial charge in [-0.1, -0.05) is 11.6 Å². The van der Waals surface area contributed by atoms with E-state index >= 15 is 0 Å². The third-order valence-corrected chi connectivity index (χ3v) is 1.48. The van der Waals surface area contributed by atoms with Gasteiger partial charge in [-0.25, -0.2) is 4.98 Å². The molecule has 0 unspecified atom stereocenters. The second kappa shape index (κ2) is 3.44. The quantitative estimate of drug-likeness (QED) is 0.640. The van der Waals surface area contributed by atoms with Crippen LogP contribution < -0.4 is 17.0 Å². The molecule has 0 saturated heterocycles. The number of carbonyl (C=O) groups excluding carboxylic acids is 1. The van der Waals surface area contributed by atoms with Crippen LogP contribution in [0.4, 0.5) is 5.82 Å². The molecule has 0 aliphatic heterocycles. The van der Waals surface area contributed by atoms with Gasteiger partial charge >= 0.3 is 0 Å². The minimum absolute atomic E-state index is 0.0401. The highest BCUT2D eigenvalue weighted by Gasteiger charge is 2.05. The van der Waals surface area contributed by atoms with Gasteiger partial charge in [0.15, 0.2) is 5.82 Å². The minimum Gasteiger partial charge on any atom is -0.379 e. The third-order valence-electron chi connectivity index (χ3n) is 1.30. The fraction of sp³-hybridized carbons (Fsp3) is 0.167. The lowest BCUT2D eigenvalue weighted by Crippen LogP contribution is -2.29. The van der Waals surface area contributed by atoms with Crippen molar-refractivity contribution in [3.8, 4) is 0 Å². The largest absolute Gasteiger partial charge is 0.379 e. The van der Waals surface area contributed by atoms with Gasteiger partial charge in [0, 0.05) is 6.20 Å². The molecule has 0 aliphatic rings. The topological polar surface area (TPSA) is 104 Å². The summed E-state index contributed by atoms with van der Waals surface area (Å²) in [7, 11) is 0. The lowest BCUT2D eigenvalue weighted by atomic mass is 10.5. The highest BCUT2D eigenvalue weighted by Crippen LogP contribution is 2.01. The number of rotatable bonds is 2. The molecule has 1 aromatic heterocycles. The molecular weight excluding hydrogens is 196 g/mol. The fourth-order valence-electron chi connectivity index (χ4n) is 0.811. The van der Waals surface area contributed by atoms with Crippen molar-refractivity contribution in [2.24, 2.45) is 5.73 Å². The Labute approximate surface area is 78.1 Å². The van der Waals surface area contributed by atoms with Crippen LogP contribution in [-0.4, -0.2) is 15.5 Å². The third kappa shape index (κ3) is 2.19. The van der Waals surface area contributed by atoms with Crippen LogP contribution in [0.15, 0.2) is 11.0 Å². The van der Waals surface area contributed by atoms with Gasteiger partial charge in [0.2, 0.25) is 5.91 Å². The molecule has 4 N–H and O–H groups in total. The van der Waals surface area contributed by atoms with E-state index in [0.29, 0.717) is 0 Å². The van der Waals surface area contributed by atoms with E-state index in [-0.39, 0.29) is 17.5 Å². The molecule has 13 heavy (non-hydrogen) atoms. The van der Waals surface area contributed by atoms with Gasteiger partial charge in [0.25, 0.3) is 5.56 Å². The fourth-order valence-corrected chi connectivity index (χ4v) is 1.02. The molecule has 0 saturated carbocycles. The van der Waals surface area contributed by atoms with Crippen molar-refractivity contribution in [3.63, 3.8) is 0 Å². The van der Waals surface area contributed by atoms with E-state index in [1.165, 1.54) is 6.20 Å². The van der Waals surface area contributed by atoms with Crippen LogP contribution in [0, 0.1) is 0 Å². The lowest BCUT2D eigenvalue weighted by Gasteiger charge is -2.03. The Morgan fingerprint density at radius 1 is 1.69 bits per heavy atom. The summed E-state index contributed by atoms with van der Waals surface area (Å²) in [4.78, 5) is 25.2. The van der Waals surface area contributed by atoms with E-state index in [1.807, 2.05) is 0 Å². The molecule has 0 aliphatic carbocycles. The summed E-state index contributed by atoms with van der Waals surface area (Å²) in [6, 6.07) is 0. The average Bonchev–Trinajstić information content (AvgIpc) is 1.98. The van der Waals surface area contributed by atoms with E-state index in [2.05, 4.69) is 4.98 Å². The maximum Gasteiger partial charge on any atom is 0.293 e. The minimum atomic E-state index is -0.649. The number of hydrogen-bond donors (Lipinski definition) is 2. The second-order valence-corrected chi connectivity index (χ2v) is 2.74. The Hall–Kier alpha value is -1.56. The summed E-state index contributed by atoms with van der Waals surface area (Å²) in [6.07, 6.45) is 1.20. The molecule has 0 radical (unpaired) electrons. The molecule has 6 nitrogen and oxygen atoms in total. The number of nitrogens with two attached hydrogens (primary N) is 2. The molecule has 0 fully saturated rings. The maximum atomic E-state index is 11.2. The van der Waals surface area contributed by atoms with Gasteiger partial charge in [0.1, 0.15) is 11.7 Å². The predicted octanol–water partition coefficient (Wildman–Crippen LogP) is -1.04. The normalized spacial score (nSPS) is 9.92. The van der Waals surface area contributed by atoms with Gasteiger partial charge in [-0.2, -0.15) is 0 Å². The highest BCUT2D eigenvalue weighted by atomic mass is 35.5. The first-order chi connectivity index (χ1) is 6.00. The van der Waals surface area contributed by atoms with Crippen molar-refractivity contribution in [2.75, 3.05) is 5.73 Å². The van der Waals surface area contributed by atoms with Crippen LogP contribution in [0.1, 0.15) is 0 Å². The van der Waals surface area contributed by atoms with Crippen molar-refractivity contribution < 1.29 is 4.79 Å². The molecule has 0 aromatic carbocycles.